The highest BCUT2D eigenvalue weighted by Gasteiger charge is 2.16. The van der Waals surface area contributed by atoms with E-state index in [1.54, 1.807) is 11.3 Å². The Balaban J connectivity index is 1.03. The third-order valence-corrected chi connectivity index (χ3v) is 11.4. The molecule has 3 heterocycles. The number of para-hydroxylation sites is 1. The number of oxazole rings is 1. The monoisotopic (exact) mass is 650 g/mol. The number of aromatic nitrogens is 1. The first kappa shape index (κ1) is 27.4. The second-order valence-corrected chi connectivity index (χ2v) is 14.2. The van der Waals surface area contributed by atoms with Gasteiger partial charge < -0.3 is 9.32 Å². The van der Waals surface area contributed by atoms with Crippen molar-refractivity contribution in [2.75, 3.05) is 4.90 Å². The Kier molecular flexibility index (Phi) is 6.22. The van der Waals surface area contributed by atoms with Gasteiger partial charge in [-0.3, -0.25) is 0 Å². The van der Waals surface area contributed by atoms with Crippen molar-refractivity contribution in [2.24, 2.45) is 0 Å². The molecular weight excluding hydrogens is 625 g/mol. The summed E-state index contributed by atoms with van der Waals surface area (Å²) in [6.07, 6.45) is 0. The van der Waals surface area contributed by atoms with Gasteiger partial charge in [0, 0.05) is 63.0 Å². The SMILES string of the molecule is c1ccc(-c2nc3cc4sc5ccc(-c6ccc(N(c7ccccc7)c7ccc8c(c7)sc7ccccc78)cc6)cc5c4cc3o2)cc1. The molecule has 7 aromatic carbocycles. The molecule has 3 nitrogen and oxygen atoms in total. The number of anilines is 3. The van der Waals surface area contributed by atoms with Crippen LogP contribution in [0.1, 0.15) is 0 Å². The highest BCUT2D eigenvalue weighted by Crippen LogP contribution is 2.42. The Hall–Kier alpha value is -5.75. The van der Waals surface area contributed by atoms with Crippen molar-refractivity contribution in [3.8, 4) is 22.6 Å². The van der Waals surface area contributed by atoms with Gasteiger partial charge in [0.15, 0.2) is 5.58 Å². The predicted molar refractivity (Wildman–Crippen MR) is 205 cm³/mol. The number of nitrogens with zero attached hydrogens (tertiary/aromatic N) is 2. The summed E-state index contributed by atoms with van der Waals surface area (Å²) in [6, 6.07) is 56.2. The molecule has 0 aliphatic carbocycles. The molecule has 0 fully saturated rings. The van der Waals surface area contributed by atoms with E-state index >= 15 is 0 Å². The maximum atomic E-state index is 6.23. The third-order valence-electron chi connectivity index (χ3n) is 9.09. The molecule has 48 heavy (non-hydrogen) atoms. The molecule has 0 unspecified atom stereocenters. The van der Waals surface area contributed by atoms with Crippen molar-refractivity contribution in [3.63, 3.8) is 0 Å². The summed E-state index contributed by atoms with van der Waals surface area (Å²) in [5, 5.41) is 5.05. The van der Waals surface area contributed by atoms with Gasteiger partial charge in [0.2, 0.25) is 5.89 Å². The smallest absolute Gasteiger partial charge is 0.227 e. The first-order chi connectivity index (χ1) is 23.7. The average Bonchev–Trinajstić information content (AvgIpc) is 3.84. The minimum Gasteiger partial charge on any atom is -0.436 e. The van der Waals surface area contributed by atoms with Gasteiger partial charge in [-0.15, -0.1) is 22.7 Å². The van der Waals surface area contributed by atoms with E-state index in [1.165, 1.54) is 51.5 Å². The van der Waals surface area contributed by atoms with Gasteiger partial charge in [-0.1, -0.05) is 78.9 Å². The summed E-state index contributed by atoms with van der Waals surface area (Å²) in [5.41, 5.74) is 8.45. The lowest BCUT2D eigenvalue weighted by atomic mass is 10.0. The van der Waals surface area contributed by atoms with Crippen LogP contribution in [-0.4, -0.2) is 4.98 Å². The quantitative estimate of drug-likeness (QED) is 0.186. The van der Waals surface area contributed by atoms with Gasteiger partial charge in [-0.25, -0.2) is 4.98 Å². The Labute approximate surface area is 284 Å². The number of benzene rings is 7. The lowest BCUT2D eigenvalue weighted by Crippen LogP contribution is -2.09. The van der Waals surface area contributed by atoms with Gasteiger partial charge in [0.25, 0.3) is 0 Å². The summed E-state index contributed by atoms with van der Waals surface area (Å²) in [5.74, 6) is 0.654. The van der Waals surface area contributed by atoms with Crippen molar-refractivity contribution in [3.05, 3.63) is 158 Å². The van der Waals surface area contributed by atoms with E-state index in [2.05, 4.69) is 132 Å². The van der Waals surface area contributed by atoms with Crippen LogP contribution in [0.3, 0.4) is 0 Å². The topological polar surface area (TPSA) is 29.3 Å². The largest absolute Gasteiger partial charge is 0.436 e. The molecule has 0 saturated carbocycles. The number of thiophene rings is 2. The number of rotatable bonds is 5. The number of hydrogen-bond acceptors (Lipinski definition) is 5. The molecule has 10 rings (SSSR count). The minimum absolute atomic E-state index is 0.654. The predicted octanol–water partition coefficient (Wildman–Crippen LogP) is 13.4. The molecule has 5 heteroatoms. The van der Waals surface area contributed by atoms with Crippen LogP contribution >= 0.6 is 22.7 Å². The summed E-state index contributed by atoms with van der Waals surface area (Å²) < 4.78 is 11.3. The highest BCUT2D eigenvalue weighted by molar-refractivity contribution is 7.26. The summed E-state index contributed by atoms with van der Waals surface area (Å²) in [7, 11) is 0. The van der Waals surface area contributed by atoms with Crippen LogP contribution in [0.4, 0.5) is 17.1 Å². The fourth-order valence-corrected chi connectivity index (χ4v) is 9.00. The molecule has 0 saturated heterocycles. The van der Waals surface area contributed by atoms with Gasteiger partial charge in [-0.05, 0) is 90.0 Å². The summed E-state index contributed by atoms with van der Waals surface area (Å²) in [6.45, 7) is 0. The Morgan fingerprint density at radius 1 is 0.417 bits per heavy atom. The zero-order chi connectivity index (χ0) is 31.6. The second kappa shape index (κ2) is 10.9. The molecule has 0 bridgehead atoms. The van der Waals surface area contributed by atoms with Crippen molar-refractivity contribution >= 4 is 91.2 Å². The molecule has 0 spiro atoms. The molecule has 0 amide bonds. The number of hydrogen-bond donors (Lipinski definition) is 0. The molecule has 0 N–H and O–H groups in total. The standard InChI is InChI=1S/C43H26N2OS2/c1-3-9-28(10-4-1)43-44-37-26-42-36(25-38(37)46-43)35-23-29(17-22-40(35)48-42)27-15-18-31(19-16-27)45(30-11-5-2-6-12-30)32-20-21-34-33-13-7-8-14-39(33)47-41(34)24-32/h1-26H. The lowest BCUT2D eigenvalue weighted by molar-refractivity contribution is 0.620. The van der Waals surface area contributed by atoms with Gasteiger partial charge in [0.05, 0.1) is 0 Å². The van der Waals surface area contributed by atoms with Crippen molar-refractivity contribution < 1.29 is 4.42 Å². The van der Waals surface area contributed by atoms with Gasteiger partial charge >= 0.3 is 0 Å². The zero-order valence-electron chi connectivity index (χ0n) is 25.6. The summed E-state index contributed by atoms with van der Waals surface area (Å²) >= 11 is 3.65. The fourth-order valence-electron chi connectivity index (χ4n) is 6.76. The van der Waals surface area contributed by atoms with E-state index in [0.717, 1.165) is 33.7 Å². The Morgan fingerprint density at radius 2 is 1.04 bits per heavy atom. The van der Waals surface area contributed by atoms with Crippen LogP contribution in [0.5, 0.6) is 0 Å². The molecule has 3 aromatic heterocycles. The van der Waals surface area contributed by atoms with Crippen LogP contribution in [0.2, 0.25) is 0 Å². The Morgan fingerprint density at radius 3 is 1.88 bits per heavy atom. The molecule has 0 aliphatic heterocycles. The van der Waals surface area contributed by atoms with Crippen LogP contribution in [0, 0.1) is 0 Å². The van der Waals surface area contributed by atoms with Crippen LogP contribution in [0.15, 0.2) is 162 Å². The molecule has 0 aliphatic rings. The normalized spacial score (nSPS) is 11.8. The van der Waals surface area contributed by atoms with Crippen molar-refractivity contribution in [1.29, 1.82) is 0 Å². The lowest BCUT2D eigenvalue weighted by Gasteiger charge is -2.25. The first-order valence-corrected chi connectivity index (χ1v) is 17.6. The Bertz CT molecular complexity index is 2780. The van der Waals surface area contributed by atoms with E-state index in [4.69, 9.17) is 9.40 Å². The summed E-state index contributed by atoms with van der Waals surface area (Å²) in [4.78, 5) is 7.14. The zero-order valence-corrected chi connectivity index (χ0v) is 27.3. The first-order valence-electron chi connectivity index (χ1n) is 15.9. The van der Waals surface area contributed by atoms with Gasteiger partial charge in [-0.2, -0.15) is 0 Å². The molecule has 0 atom stereocenters. The van der Waals surface area contributed by atoms with E-state index in [-0.39, 0.29) is 0 Å². The maximum absolute atomic E-state index is 6.23. The molecular formula is C43H26N2OS2. The van der Waals surface area contributed by atoms with E-state index in [1.807, 2.05) is 41.7 Å². The van der Waals surface area contributed by atoms with E-state index < -0.39 is 0 Å². The van der Waals surface area contributed by atoms with Crippen LogP contribution in [0.25, 0.3) is 74.0 Å². The minimum atomic E-state index is 0.654. The van der Waals surface area contributed by atoms with Gasteiger partial charge in [0.1, 0.15) is 5.52 Å². The average molecular weight is 651 g/mol. The van der Waals surface area contributed by atoms with Crippen molar-refractivity contribution in [2.45, 2.75) is 0 Å². The molecule has 226 valence electrons. The van der Waals surface area contributed by atoms with Crippen LogP contribution < -0.4 is 4.90 Å². The highest BCUT2D eigenvalue weighted by atomic mass is 32.1. The van der Waals surface area contributed by atoms with E-state index in [0.29, 0.717) is 5.89 Å². The fraction of sp³-hybridized carbons (Fsp3) is 0. The molecule has 10 aromatic rings. The van der Waals surface area contributed by atoms with E-state index in [9.17, 15) is 0 Å². The number of fused-ring (bicyclic) bond motifs is 7. The second-order valence-electron chi connectivity index (χ2n) is 12.0. The van der Waals surface area contributed by atoms with Crippen molar-refractivity contribution in [1.82, 2.24) is 4.98 Å². The maximum Gasteiger partial charge on any atom is 0.227 e. The van der Waals surface area contributed by atoms with Crippen LogP contribution in [-0.2, 0) is 0 Å². The third kappa shape index (κ3) is 4.51. The molecule has 0 radical (unpaired) electrons.